The second kappa shape index (κ2) is 6.66. The van der Waals surface area contributed by atoms with Gasteiger partial charge in [-0.1, -0.05) is 13.8 Å². The molecule has 2 heterocycles. The summed E-state index contributed by atoms with van der Waals surface area (Å²) < 4.78 is 0. The van der Waals surface area contributed by atoms with Crippen LogP contribution < -0.4 is 0 Å². The monoisotopic (exact) mass is 293 g/mol. The van der Waals surface area contributed by atoms with Crippen LogP contribution in [-0.4, -0.2) is 71.5 Å². The van der Waals surface area contributed by atoms with Gasteiger partial charge in [0.2, 0.25) is 5.91 Å². The van der Waals surface area contributed by atoms with Crippen LogP contribution in [0.2, 0.25) is 0 Å². The van der Waals surface area contributed by atoms with Crippen LogP contribution in [0.5, 0.6) is 0 Å². The first-order valence-electron chi connectivity index (χ1n) is 9.03. The van der Waals surface area contributed by atoms with E-state index >= 15 is 0 Å². The highest BCUT2D eigenvalue weighted by molar-refractivity contribution is 5.82. The lowest BCUT2D eigenvalue weighted by atomic mass is 10.0. The number of likely N-dealkylation sites (tertiary alicyclic amines) is 2. The molecule has 3 rings (SSSR count). The Morgan fingerprint density at radius 3 is 2.24 bits per heavy atom. The molecule has 1 saturated carbocycles. The molecule has 2 aliphatic heterocycles. The van der Waals surface area contributed by atoms with Crippen LogP contribution in [-0.2, 0) is 4.79 Å². The molecule has 3 fully saturated rings. The second-order valence-corrected chi connectivity index (χ2v) is 6.90. The summed E-state index contributed by atoms with van der Waals surface area (Å²) in [6.45, 7) is 9.83. The molecule has 0 aromatic carbocycles. The molecule has 4 heteroatoms. The Balaban J connectivity index is 1.53. The summed E-state index contributed by atoms with van der Waals surface area (Å²) in [5.74, 6) is 0.428. The van der Waals surface area contributed by atoms with Crippen molar-refractivity contribution in [3.8, 4) is 0 Å². The predicted octanol–water partition coefficient (Wildman–Crippen LogP) is 1.95. The Kier molecular flexibility index (Phi) is 4.85. The molecule has 1 aliphatic carbocycles. The molecule has 1 atom stereocenters. The maximum Gasteiger partial charge on any atom is 0.239 e. The Morgan fingerprint density at radius 1 is 1.00 bits per heavy atom. The van der Waals surface area contributed by atoms with Crippen LogP contribution in [0.1, 0.15) is 52.4 Å². The molecule has 21 heavy (non-hydrogen) atoms. The van der Waals surface area contributed by atoms with Crippen LogP contribution >= 0.6 is 0 Å². The van der Waals surface area contributed by atoms with Gasteiger partial charge in [-0.25, -0.2) is 0 Å². The minimum atomic E-state index is 0.211. The van der Waals surface area contributed by atoms with E-state index in [4.69, 9.17) is 0 Å². The van der Waals surface area contributed by atoms with Gasteiger partial charge in [0.1, 0.15) is 0 Å². The molecule has 0 radical (unpaired) electrons. The van der Waals surface area contributed by atoms with E-state index < -0.39 is 0 Å². The van der Waals surface area contributed by atoms with E-state index in [0.717, 1.165) is 58.0 Å². The summed E-state index contributed by atoms with van der Waals surface area (Å²) in [6.07, 6.45) is 7.24. The molecule has 0 aromatic rings. The van der Waals surface area contributed by atoms with E-state index in [2.05, 4.69) is 28.5 Å². The van der Waals surface area contributed by atoms with E-state index in [0.29, 0.717) is 11.9 Å². The van der Waals surface area contributed by atoms with Crippen LogP contribution in [0.25, 0.3) is 0 Å². The molecular formula is C17H31N3O. The highest BCUT2D eigenvalue weighted by atomic mass is 16.2. The number of rotatable bonds is 5. The minimum absolute atomic E-state index is 0.211. The number of hydrogen-bond donors (Lipinski definition) is 0. The van der Waals surface area contributed by atoms with Crippen molar-refractivity contribution in [1.29, 1.82) is 0 Å². The SMILES string of the molecule is CCN(CC)C1CCN(C(=O)C2CCCN2C2CC2)CC1. The Hall–Kier alpha value is -0.610. The zero-order valence-electron chi connectivity index (χ0n) is 13.8. The van der Waals surface area contributed by atoms with Crippen molar-refractivity contribution >= 4 is 5.91 Å². The van der Waals surface area contributed by atoms with Crippen molar-refractivity contribution in [3.63, 3.8) is 0 Å². The Bertz CT molecular complexity index is 357. The fourth-order valence-corrected chi connectivity index (χ4v) is 4.30. The third-order valence-corrected chi connectivity index (χ3v) is 5.70. The van der Waals surface area contributed by atoms with Crippen LogP contribution in [0.3, 0.4) is 0 Å². The van der Waals surface area contributed by atoms with Gasteiger partial charge in [0.15, 0.2) is 0 Å². The zero-order chi connectivity index (χ0) is 14.8. The fourth-order valence-electron chi connectivity index (χ4n) is 4.30. The van der Waals surface area contributed by atoms with E-state index in [1.807, 2.05) is 0 Å². The number of nitrogens with zero attached hydrogens (tertiary/aromatic N) is 3. The molecule has 0 aromatic heterocycles. The largest absolute Gasteiger partial charge is 0.341 e. The van der Waals surface area contributed by atoms with Crippen molar-refractivity contribution in [1.82, 2.24) is 14.7 Å². The Labute approximate surface area is 129 Å². The number of amides is 1. The normalized spacial score (nSPS) is 28.5. The summed E-state index contributed by atoms with van der Waals surface area (Å²) in [5.41, 5.74) is 0. The maximum absolute atomic E-state index is 12.8. The smallest absolute Gasteiger partial charge is 0.239 e. The van der Waals surface area contributed by atoms with Crippen LogP contribution in [0, 0.1) is 0 Å². The van der Waals surface area contributed by atoms with Gasteiger partial charge in [0, 0.05) is 25.2 Å². The van der Waals surface area contributed by atoms with Crippen molar-refractivity contribution in [2.45, 2.75) is 70.5 Å². The van der Waals surface area contributed by atoms with Gasteiger partial charge in [0.05, 0.1) is 6.04 Å². The molecule has 1 amide bonds. The van der Waals surface area contributed by atoms with Crippen LogP contribution in [0.15, 0.2) is 0 Å². The molecule has 3 aliphatic rings. The number of piperidine rings is 1. The number of hydrogen-bond acceptors (Lipinski definition) is 3. The van der Waals surface area contributed by atoms with Gasteiger partial charge in [-0.3, -0.25) is 9.69 Å². The average Bonchev–Trinajstić information content (AvgIpc) is 3.25. The lowest BCUT2D eigenvalue weighted by molar-refractivity contribution is -0.137. The lowest BCUT2D eigenvalue weighted by Gasteiger charge is -2.39. The minimum Gasteiger partial charge on any atom is -0.341 e. The molecule has 1 unspecified atom stereocenters. The summed E-state index contributed by atoms with van der Waals surface area (Å²) >= 11 is 0. The van der Waals surface area contributed by atoms with Gasteiger partial charge in [-0.15, -0.1) is 0 Å². The van der Waals surface area contributed by atoms with Crippen LogP contribution in [0.4, 0.5) is 0 Å². The topological polar surface area (TPSA) is 26.8 Å². The summed E-state index contributed by atoms with van der Waals surface area (Å²) in [4.78, 5) is 20.0. The molecule has 0 N–H and O–H groups in total. The molecule has 0 spiro atoms. The van der Waals surface area contributed by atoms with Gasteiger partial charge < -0.3 is 9.80 Å². The first-order chi connectivity index (χ1) is 10.2. The van der Waals surface area contributed by atoms with Gasteiger partial charge in [-0.2, -0.15) is 0 Å². The summed E-state index contributed by atoms with van der Waals surface area (Å²) in [7, 11) is 0. The predicted molar refractivity (Wildman–Crippen MR) is 85.3 cm³/mol. The fraction of sp³-hybridized carbons (Fsp3) is 0.941. The average molecular weight is 293 g/mol. The highest BCUT2D eigenvalue weighted by Crippen LogP contribution is 2.34. The Morgan fingerprint density at radius 2 is 1.67 bits per heavy atom. The molecular weight excluding hydrogens is 262 g/mol. The van der Waals surface area contributed by atoms with E-state index in [-0.39, 0.29) is 6.04 Å². The highest BCUT2D eigenvalue weighted by Gasteiger charge is 2.42. The quantitative estimate of drug-likeness (QED) is 0.775. The van der Waals surface area contributed by atoms with Gasteiger partial charge >= 0.3 is 0 Å². The molecule has 4 nitrogen and oxygen atoms in total. The lowest BCUT2D eigenvalue weighted by Crippen LogP contribution is -2.52. The van der Waals surface area contributed by atoms with E-state index in [1.54, 1.807) is 0 Å². The maximum atomic E-state index is 12.8. The van der Waals surface area contributed by atoms with Crippen molar-refractivity contribution in [3.05, 3.63) is 0 Å². The van der Waals surface area contributed by atoms with E-state index in [1.165, 1.54) is 19.3 Å². The summed E-state index contributed by atoms with van der Waals surface area (Å²) in [6, 6.07) is 1.63. The third-order valence-electron chi connectivity index (χ3n) is 5.70. The summed E-state index contributed by atoms with van der Waals surface area (Å²) in [5, 5.41) is 0. The standard InChI is InChI=1S/C17H31N3O/c1-3-18(4-2)14-9-12-19(13-10-14)17(21)16-6-5-11-20(16)15-7-8-15/h14-16H,3-13H2,1-2H3. The number of carbonyl (C=O) groups excluding carboxylic acids is 1. The van der Waals surface area contributed by atoms with Gasteiger partial charge in [-0.05, 0) is 58.2 Å². The first-order valence-corrected chi connectivity index (χ1v) is 9.03. The van der Waals surface area contributed by atoms with Crippen molar-refractivity contribution in [2.24, 2.45) is 0 Å². The molecule has 0 bridgehead atoms. The van der Waals surface area contributed by atoms with E-state index in [9.17, 15) is 4.79 Å². The van der Waals surface area contributed by atoms with Crippen molar-refractivity contribution < 1.29 is 4.79 Å². The molecule has 2 saturated heterocycles. The zero-order valence-corrected chi connectivity index (χ0v) is 13.8. The van der Waals surface area contributed by atoms with Crippen molar-refractivity contribution in [2.75, 3.05) is 32.7 Å². The molecule has 120 valence electrons. The first kappa shape index (κ1) is 15.3. The second-order valence-electron chi connectivity index (χ2n) is 6.90. The number of carbonyl (C=O) groups is 1. The van der Waals surface area contributed by atoms with Gasteiger partial charge in [0.25, 0.3) is 0 Å². The third kappa shape index (κ3) is 3.26.